The molecule has 0 nitrogen and oxygen atoms in total. The Bertz CT molecular complexity index is 973. The van der Waals surface area contributed by atoms with Crippen molar-refractivity contribution in [2.45, 2.75) is 0 Å². The lowest BCUT2D eigenvalue weighted by atomic mass is 9.88. The van der Waals surface area contributed by atoms with E-state index >= 15 is 0 Å². The summed E-state index contributed by atoms with van der Waals surface area (Å²) in [6, 6.07) is 20.6. The van der Waals surface area contributed by atoms with Gasteiger partial charge in [0.2, 0.25) is 0 Å². The van der Waals surface area contributed by atoms with Gasteiger partial charge in [-0.15, -0.1) is 0 Å². The van der Waals surface area contributed by atoms with Crippen molar-refractivity contribution in [3.63, 3.8) is 0 Å². The SMILES string of the molecule is [B]c1cc(Cl)c2c3ccccc3c3ccccc3c2c1. The summed E-state index contributed by atoms with van der Waals surface area (Å²) in [6.45, 7) is 0. The van der Waals surface area contributed by atoms with Gasteiger partial charge in [-0.3, -0.25) is 0 Å². The molecule has 92 valence electrons. The Kier molecular flexibility index (Phi) is 2.51. The highest BCUT2D eigenvalue weighted by Crippen LogP contribution is 2.37. The van der Waals surface area contributed by atoms with Crippen molar-refractivity contribution in [2.75, 3.05) is 0 Å². The van der Waals surface area contributed by atoms with E-state index in [0.717, 1.165) is 10.8 Å². The van der Waals surface area contributed by atoms with E-state index < -0.39 is 0 Å². The van der Waals surface area contributed by atoms with Gasteiger partial charge in [-0.05, 0) is 33.0 Å². The Morgan fingerprint density at radius 2 is 1.15 bits per heavy atom. The zero-order chi connectivity index (χ0) is 13.7. The molecule has 0 saturated carbocycles. The van der Waals surface area contributed by atoms with Crippen molar-refractivity contribution in [3.8, 4) is 0 Å². The van der Waals surface area contributed by atoms with Gasteiger partial charge >= 0.3 is 0 Å². The van der Waals surface area contributed by atoms with Crippen molar-refractivity contribution in [1.29, 1.82) is 0 Å². The molecule has 0 unspecified atom stereocenters. The molecule has 2 heteroatoms. The molecule has 0 aromatic heterocycles. The quantitative estimate of drug-likeness (QED) is 0.324. The minimum atomic E-state index is 0.697. The van der Waals surface area contributed by atoms with Gasteiger partial charge in [0.25, 0.3) is 0 Å². The number of fused-ring (bicyclic) bond motifs is 6. The van der Waals surface area contributed by atoms with Gasteiger partial charge in [-0.1, -0.05) is 71.7 Å². The highest BCUT2D eigenvalue weighted by atomic mass is 35.5. The van der Waals surface area contributed by atoms with Crippen LogP contribution >= 0.6 is 11.6 Å². The van der Waals surface area contributed by atoms with E-state index in [1.54, 1.807) is 0 Å². The minimum absolute atomic E-state index is 0.697. The van der Waals surface area contributed by atoms with Crippen LogP contribution in [0.4, 0.5) is 0 Å². The maximum atomic E-state index is 6.46. The van der Waals surface area contributed by atoms with E-state index in [2.05, 4.69) is 36.4 Å². The highest BCUT2D eigenvalue weighted by Gasteiger charge is 2.10. The van der Waals surface area contributed by atoms with Crippen LogP contribution in [0.15, 0.2) is 60.7 Å². The number of hydrogen-bond donors (Lipinski definition) is 0. The van der Waals surface area contributed by atoms with Gasteiger partial charge in [0, 0.05) is 10.4 Å². The summed E-state index contributed by atoms with van der Waals surface area (Å²) in [5.41, 5.74) is 0.697. The van der Waals surface area contributed by atoms with E-state index in [-0.39, 0.29) is 0 Å². The van der Waals surface area contributed by atoms with Crippen molar-refractivity contribution < 1.29 is 0 Å². The monoisotopic (exact) mass is 272 g/mol. The Balaban J connectivity index is 2.46. The standard InChI is InChI=1S/C18H10BCl/c19-11-9-16-14-7-2-1-5-12(14)13-6-3-4-8-15(13)18(16)17(20)10-11/h1-10H. The average Bonchev–Trinajstić information content (AvgIpc) is 2.47. The zero-order valence-electron chi connectivity index (χ0n) is 10.7. The summed E-state index contributed by atoms with van der Waals surface area (Å²) < 4.78 is 0. The van der Waals surface area contributed by atoms with E-state index in [0.29, 0.717) is 10.5 Å². The number of hydrogen-bond acceptors (Lipinski definition) is 0. The van der Waals surface area contributed by atoms with Crippen LogP contribution in [0, 0.1) is 0 Å². The van der Waals surface area contributed by atoms with Crippen LogP contribution in [0.2, 0.25) is 5.02 Å². The molecule has 0 aliphatic heterocycles. The van der Waals surface area contributed by atoms with E-state index in [9.17, 15) is 0 Å². The van der Waals surface area contributed by atoms with Gasteiger partial charge in [-0.25, -0.2) is 0 Å². The molecule has 0 spiro atoms. The van der Waals surface area contributed by atoms with Crippen molar-refractivity contribution in [2.24, 2.45) is 0 Å². The van der Waals surface area contributed by atoms with Crippen molar-refractivity contribution in [1.82, 2.24) is 0 Å². The van der Waals surface area contributed by atoms with E-state index in [4.69, 9.17) is 19.4 Å². The topological polar surface area (TPSA) is 0 Å². The molecule has 0 aliphatic rings. The predicted octanol–water partition coefficient (Wildman–Crippen LogP) is 4.59. The molecule has 2 radical (unpaired) electrons. The first-order valence-corrected chi connectivity index (χ1v) is 6.92. The summed E-state index contributed by atoms with van der Waals surface area (Å²) in [5, 5.41) is 7.72. The lowest BCUT2D eigenvalue weighted by Crippen LogP contribution is -2.01. The molecule has 0 amide bonds. The first kappa shape index (κ1) is 11.8. The fourth-order valence-corrected chi connectivity index (χ4v) is 3.33. The van der Waals surface area contributed by atoms with Crippen LogP contribution in [0.25, 0.3) is 32.3 Å². The van der Waals surface area contributed by atoms with Gasteiger partial charge in [0.15, 0.2) is 0 Å². The molecule has 0 heterocycles. The van der Waals surface area contributed by atoms with Crippen molar-refractivity contribution >= 4 is 57.2 Å². The average molecular weight is 273 g/mol. The van der Waals surface area contributed by atoms with Crippen LogP contribution in [0.1, 0.15) is 0 Å². The smallest absolute Gasteiger partial charge is 0.0946 e. The first-order chi connectivity index (χ1) is 9.75. The second kappa shape index (κ2) is 4.26. The number of benzene rings is 4. The molecular weight excluding hydrogens is 262 g/mol. The predicted molar refractivity (Wildman–Crippen MR) is 89.4 cm³/mol. The summed E-state index contributed by atoms with van der Waals surface area (Å²) in [5.74, 6) is 0. The normalized spacial score (nSPS) is 11.4. The van der Waals surface area contributed by atoms with Crippen LogP contribution in [-0.4, -0.2) is 7.85 Å². The lowest BCUT2D eigenvalue weighted by Gasteiger charge is -2.12. The lowest BCUT2D eigenvalue weighted by molar-refractivity contribution is 1.79. The number of halogens is 1. The summed E-state index contributed by atoms with van der Waals surface area (Å²) in [6.07, 6.45) is 0. The Hall–Kier alpha value is -1.99. The molecule has 0 saturated heterocycles. The Morgan fingerprint density at radius 3 is 1.80 bits per heavy atom. The van der Waals surface area contributed by atoms with Crippen LogP contribution < -0.4 is 5.46 Å². The molecular formula is C18H10BCl. The Morgan fingerprint density at radius 1 is 0.650 bits per heavy atom. The zero-order valence-corrected chi connectivity index (χ0v) is 11.5. The molecule has 20 heavy (non-hydrogen) atoms. The molecule has 0 aliphatic carbocycles. The van der Waals surface area contributed by atoms with Crippen LogP contribution in [0.3, 0.4) is 0 Å². The fourth-order valence-electron chi connectivity index (χ4n) is 3.00. The summed E-state index contributed by atoms with van der Waals surface area (Å²) >= 11 is 6.46. The largest absolute Gasteiger partial charge is 0.113 e. The number of rotatable bonds is 0. The van der Waals surface area contributed by atoms with E-state index in [1.807, 2.05) is 24.3 Å². The summed E-state index contributed by atoms with van der Waals surface area (Å²) in [7, 11) is 5.98. The third-order valence-electron chi connectivity index (χ3n) is 3.82. The molecule has 0 N–H and O–H groups in total. The van der Waals surface area contributed by atoms with Crippen LogP contribution in [-0.2, 0) is 0 Å². The Labute approximate surface area is 123 Å². The molecule has 0 atom stereocenters. The van der Waals surface area contributed by atoms with Crippen molar-refractivity contribution in [3.05, 3.63) is 65.7 Å². The molecule has 4 rings (SSSR count). The maximum absolute atomic E-state index is 6.46. The van der Waals surface area contributed by atoms with Gasteiger partial charge in [0.05, 0.1) is 0 Å². The third-order valence-corrected chi connectivity index (χ3v) is 4.11. The molecule has 4 aromatic carbocycles. The molecule has 0 fully saturated rings. The second-order valence-corrected chi connectivity index (χ2v) is 5.42. The van der Waals surface area contributed by atoms with Crippen LogP contribution in [0.5, 0.6) is 0 Å². The molecule has 4 aromatic rings. The van der Waals surface area contributed by atoms with Gasteiger partial charge < -0.3 is 0 Å². The minimum Gasteiger partial charge on any atom is -0.0946 e. The first-order valence-electron chi connectivity index (χ1n) is 6.54. The molecule has 0 bridgehead atoms. The van der Waals surface area contributed by atoms with Gasteiger partial charge in [0.1, 0.15) is 7.85 Å². The van der Waals surface area contributed by atoms with E-state index in [1.165, 1.54) is 21.5 Å². The second-order valence-electron chi connectivity index (χ2n) is 5.02. The third kappa shape index (κ3) is 1.57. The fraction of sp³-hybridized carbons (Fsp3) is 0. The summed E-state index contributed by atoms with van der Waals surface area (Å²) in [4.78, 5) is 0. The van der Waals surface area contributed by atoms with Gasteiger partial charge in [-0.2, -0.15) is 0 Å². The highest BCUT2D eigenvalue weighted by molar-refractivity contribution is 6.44. The maximum Gasteiger partial charge on any atom is 0.113 e.